The van der Waals surface area contributed by atoms with Crippen molar-refractivity contribution in [1.82, 2.24) is 9.66 Å². The zero-order valence-electron chi connectivity index (χ0n) is 17.9. The van der Waals surface area contributed by atoms with Gasteiger partial charge >= 0.3 is 0 Å². The van der Waals surface area contributed by atoms with Crippen molar-refractivity contribution < 1.29 is 4.74 Å². The molecule has 1 aromatic heterocycles. The standard InChI is InChI=1S/C25H20BrCl2N3O2/c1-15(2)24-30-22-9-6-18(26)12-20(22)25(32)31(24)29-13-17-5-10-23(21(28)11-17)33-14-16-3-7-19(27)8-4-16/h3-13,15H,14H2,1-2H3. The molecule has 1 heterocycles. The van der Waals surface area contributed by atoms with Gasteiger partial charge in [-0.2, -0.15) is 9.78 Å². The monoisotopic (exact) mass is 543 g/mol. The SMILES string of the molecule is CC(C)c1nc2ccc(Br)cc2c(=O)n1N=Cc1ccc(OCc2ccc(Cl)cc2)c(Cl)c1. The topological polar surface area (TPSA) is 56.5 Å². The van der Waals surface area contributed by atoms with Crippen LogP contribution in [0.15, 0.2) is 75.0 Å². The highest BCUT2D eigenvalue weighted by Crippen LogP contribution is 2.26. The first-order chi connectivity index (χ1) is 15.8. The minimum atomic E-state index is -0.227. The molecule has 0 atom stereocenters. The molecule has 33 heavy (non-hydrogen) atoms. The summed E-state index contributed by atoms with van der Waals surface area (Å²) in [5.41, 5.74) is 2.13. The summed E-state index contributed by atoms with van der Waals surface area (Å²) in [6.45, 7) is 4.32. The minimum Gasteiger partial charge on any atom is -0.487 e. The van der Waals surface area contributed by atoms with Crippen LogP contribution in [-0.4, -0.2) is 15.9 Å². The van der Waals surface area contributed by atoms with E-state index in [4.69, 9.17) is 27.9 Å². The van der Waals surface area contributed by atoms with E-state index in [0.29, 0.717) is 39.1 Å². The lowest BCUT2D eigenvalue weighted by Gasteiger charge is -2.12. The quantitative estimate of drug-likeness (QED) is 0.244. The Bertz CT molecular complexity index is 1400. The molecule has 0 saturated heterocycles. The van der Waals surface area contributed by atoms with E-state index in [1.807, 2.05) is 56.3 Å². The lowest BCUT2D eigenvalue weighted by Crippen LogP contribution is -2.23. The number of nitrogens with zero attached hydrogens (tertiary/aromatic N) is 3. The fourth-order valence-electron chi connectivity index (χ4n) is 3.23. The van der Waals surface area contributed by atoms with E-state index in [1.165, 1.54) is 4.68 Å². The van der Waals surface area contributed by atoms with Gasteiger partial charge in [0.25, 0.3) is 5.56 Å². The average Bonchev–Trinajstić information content (AvgIpc) is 2.79. The molecular formula is C25H20BrCl2N3O2. The summed E-state index contributed by atoms with van der Waals surface area (Å²) in [5, 5.41) is 6.06. The second-order valence-corrected chi connectivity index (χ2v) is 9.51. The highest BCUT2D eigenvalue weighted by molar-refractivity contribution is 9.10. The molecule has 0 saturated carbocycles. The van der Waals surface area contributed by atoms with Crippen LogP contribution < -0.4 is 10.3 Å². The van der Waals surface area contributed by atoms with E-state index in [1.54, 1.807) is 24.4 Å². The summed E-state index contributed by atoms with van der Waals surface area (Å²) in [5.74, 6) is 1.15. The van der Waals surface area contributed by atoms with Crippen LogP contribution >= 0.6 is 39.1 Å². The van der Waals surface area contributed by atoms with Crippen LogP contribution in [0.2, 0.25) is 10.0 Å². The Morgan fingerprint density at radius 1 is 1.09 bits per heavy atom. The first-order valence-electron chi connectivity index (χ1n) is 10.2. The van der Waals surface area contributed by atoms with Gasteiger partial charge in [-0.25, -0.2) is 4.98 Å². The third kappa shape index (κ3) is 5.46. The van der Waals surface area contributed by atoms with E-state index in [2.05, 4.69) is 26.0 Å². The second kappa shape index (κ2) is 10.1. The highest BCUT2D eigenvalue weighted by Gasteiger charge is 2.14. The largest absolute Gasteiger partial charge is 0.487 e. The molecule has 0 spiro atoms. The maximum absolute atomic E-state index is 13.1. The van der Waals surface area contributed by atoms with E-state index < -0.39 is 0 Å². The van der Waals surface area contributed by atoms with Gasteiger partial charge in [-0.05, 0) is 59.7 Å². The number of hydrogen-bond donors (Lipinski definition) is 0. The second-order valence-electron chi connectivity index (χ2n) is 7.75. The van der Waals surface area contributed by atoms with Crippen molar-refractivity contribution in [1.29, 1.82) is 0 Å². The number of hydrogen-bond acceptors (Lipinski definition) is 4. The fourth-order valence-corrected chi connectivity index (χ4v) is 3.96. The molecular weight excluding hydrogens is 525 g/mol. The first kappa shape index (κ1) is 23.5. The van der Waals surface area contributed by atoms with Gasteiger partial charge in [0.2, 0.25) is 0 Å². The molecule has 0 amide bonds. The van der Waals surface area contributed by atoms with Crippen molar-refractivity contribution in [2.45, 2.75) is 26.4 Å². The van der Waals surface area contributed by atoms with Gasteiger partial charge in [-0.3, -0.25) is 4.79 Å². The van der Waals surface area contributed by atoms with Crippen LogP contribution in [0.1, 0.15) is 36.7 Å². The molecule has 0 N–H and O–H groups in total. The number of aromatic nitrogens is 2. The lowest BCUT2D eigenvalue weighted by molar-refractivity contribution is 0.306. The Hall–Kier alpha value is -2.67. The van der Waals surface area contributed by atoms with Crippen LogP contribution in [0.4, 0.5) is 0 Å². The van der Waals surface area contributed by atoms with E-state index >= 15 is 0 Å². The molecule has 0 unspecified atom stereocenters. The van der Waals surface area contributed by atoms with Crippen molar-refractivity contribution >= 4 is 56.2 Å². The van der Waals surface area contributed by atoms with Gasteiger partial charge < -0.3 is 4.74 Å². The van der Waals surface area contributed by atoms with Crippen molar-refractivity contribution in [2.24, 2.45) is 5.10 Å². The molecule has 4 rings (SSSR count). The van der Waals surface area contributed by atoms with Crippen molar-refractivity contribution in [3.8, 4) is 5.75 Å². The van der Waals surface area contributed by atoms with Crippen LogP contribution in [0.5, 0.6) is 5.75 Å². The highest BCUT2D eigenvalue weighted by atomic mass is 79.9. The Morgan fingerprint density at radius 2 is 1.85 bits per heavy atom. The van der Waals surface area contributed by atoms with Crippen molar-refractivity contribution in [3.05, 3.63) is 102 Å². The zero-order valence-corrected chi connectivity index (χ0v) is 21.0. The van der Waals surface area contributed by atoms with Gasteiger partial charge in [0.05, 0.1) is 22.1 Å². The van der Waals surface area contributed by atoms with Crippen LogP contribution in [0, 0.1) is 0 Å². The summed E-state index contributed by atoms with van der Waals surface area (Å²) < 4.78 is 7.97. The predicted octanol–water partition coefficient (Wildman–Crippen LogP) is 7.05. The fraction of sp³-hybridized carbons (Fsp3) is 0.160. The normalized spacial score (nSPS) is 11.6. The number of rotatable bonds is 6. The molecule has 168 valence electrons. The lowest BCUT2D eigenvalue weighted by atomic mass is 10.2. The Kier molecular flexibility index (Phi) is 7.17. The van der Waals surface area contributed by atoms with E-state index in [-0.39, 0.29) is 11.5 Å². The summed E-state index contributed by atoms with van der Waals surface area (Å²) >= 11 is 15.7. The Balaban J connectivity index is 1.60. The number of benzene rings is 3. The molecule has 0 bridgehead atoms. The Labute approximate surface area is 209 Å². The molecule has 5 nitrogen and oxygen atoms in total. The van der Waals surface area contributed by atoms with Gasteiger partial charge in [0, 0.05) is 15.4 Å². The molecule has 0 radical (unpaired) electrons. The smallest absolute Gasteiger partial charge is 0.282 e. The predicted molar refractivity (Wildman–Crippen MR) is 138 cm³/mol. The van der Waals surface area contributed by atoms with E-state index in [9.17, 15) is 4.79 Å². The first-order valence-corrected chi connectivity index (χ1v) is 11.8. The zero-order chi connectivity index (χ0) is 23.5. The third-order valence-corrected chi connectivity index (χ3v) is 5.98. The van der Waals surface area contributed by atoms with E-state index in [0.717, 1.165) is 15.6 Å². The molecule has 4 aromatic rings. The maximum atomic E-state index is 13.1. The molecule has 0 fully saturated rings. The molecule has 8 heteroatoms. The number of ether oxygens (including phenoxy) is 1. The summed E-state index contributed by atoms with van der Waals surface area (Å²) in [6, 6.07) is 18.2. The number of halogens is 3. The van der Waals surface area contributed by atoms with Crippen LogP contribution in [0.3, 0.4) is 0 Å². The van der Waals surface area contributed by atoms with Gasteiger partial charge in [-0.15, -0.1) is 0 Å². The van der Waals surface area contributed by atoms with Crippen molar-refractivity contribution in [2.75, 3.05) is 0 Å². The van der Waals surface area contributed by atoms with Gasteiger partial charge in [0.1, 0.15) is 18.2 Å². The minimum absolute atomic E-state index is 0.00938. The maximum Gasteiger partial charge on any atom is 0.282 e. The summed E-state index contributed by atoms with van der Waals surface area (Å²) in [6.07, 6.45) is 1.59. The number of fused-ring (bicyclic) bond motifs is 1. The molecule has 3 aromatic carbocycles. The van der Waals surface area contributed by atoms with Crippen LogP contribution in [-0.2, 0) is 6.61 Å². The molecule has 0 aliphatic rings. The van der Waals surface area contributed by atoms with Gasteiger partial charge in [-0.1, -0.05) is 65.1 Å². The van der Waals surface area contributed by atoms with Crippen molar-refractivity contribution in [3.63, 3.8) is 0 Å². The molecule has 0 aliphatic carbocycles. The molecule has 0 aliphatic heterocycles. The Morgan fingerprint density at radius 3 is 2.55 bits per heavy atom. The van der Waals surface area contributed by atoms with Crippen LogP contribution in [0.25, 0.3) is 10.9 Å². The average molecular weight is 545 g/mol. The summed E-state index contributed by atoms with van der Waals surface area (Å²) in [7, 11) is 0. The van der Waals surface area contributed by atoms with Gasteiger partial charge in [0.15, 0.2) is 0 Å². The summed E-state index contributed by atoms with van der Waals surface area (Å²) in [4.78, 5) is 17.8. The third-order valence-electron chi connectivity index (χ3n) is 4.94.